The second kappa shape index (κ2) is 8.57. The van der Waals surface area contributed by atoms with E-state index < -0.39 is 21.5 Å². The standard InChI is InChI=1S/C22H27N3O4S/c1-22(2,3)24-21(27)18-11-4-5-12-19(18)23-20(26)16-9-8-10-17(15-16)30(28,29)25-13-6-7-14-25/h4-5,8-12,15H,6-7,13-14H2,1-3H3,(H,23,26)(H,24,27). The third-order valence-electron chi connectivity index (χ3n) is 4.71. The van der Waals surface area contributed by atoms with Crippen LogP contribution >= 0.6 is 0 Å². The summed E-state index contributed by atoms with van der Waals surface area (Å²) in [5.74, 6) is -0.784. The normalized spacial score (nSPS) is 15.0. The molecule has 7 nitrogen and oxygen atoms in total. The molecule has 0 unspecified atom stereocenters. The van der Waals surface area contributed by atoms with Crippen molar-refractivity contribution in [2.24, 2.45) is 0 Å². The van der Waals surface area contributed by atoms with Crippen molar-refractivity contribution >= 4 is 27.5 Å². The molecule has 1 heterocycles. The number of carbonyl (C=O) groups excluding carboxylic acids is 2. The SMILES string of the molecule is CC(C)(C)NC(=O)c1ccccc1NC(=O)c1cccc(S(=O)(=O)N2CCCC2)c1. The Morgan fingerprint density at radius 2 is 1.60 bits per heavy atom. The van der Waals surface area contributed by atoms with Gasteiger partial charge >= 0.3 is 0 Å². The van der Waals surface area contributed by atoms with Crippen molar-refractivity contribution in [3.63, 3.8) is 0 Å². The molecule has 1 fully saturated rings. The molecular weight excluding hydrogens is 402 g/mol. The Kier molecular flexibility index (Phi) is 6.28. The predicted molar refractivity (Wildman–Crippen MR) is 116 cm³/mol. The topological polar surface area (TPSA) is 95.6 Å². The van der Waals surface area contributed by atoms with Gasteiger partial charge in [-0.15, -0.1) is 0 Å². The number of carbonyl (C=O) groups is 2. The fourth-order valence-corrected chi connectivity index (χ4v) is 4.83. The first kappa shape index (κ1) is 22.0. The van der Waals surface area contributed by atoms with Gasteiger partial charge in [-0.25, -0.2) is 8.42 Å². The van der Waals surface area contributed by atoms with Gasteiger partial charge in [0.15, 0.2) is 0 Å². The van der Waals surface area contributed by atoms with Crippen LogP contribution in [0.2, 0.25) is 0 Å². The molecule has 0 spiro atoms. The summed E-state index contributed by atoms with van der Waals surface area (Å²) in [6.07, 6.45) is 1.68. The zero-order chi connectivity index (χ0) is 21.9. The number of benzene rings is 2. The second-order valence-electron chi connectivity index (χ2n) is 8.34. The monoisotopic (exact) mass is 429 g/mol. The Morgan fingerprint density at radius 3 is 2.27 bits per heavy atom. The van der Waals surface area contributed by atoms with E-state index in [-0.39, 0.29) is 16.4 Å². The Hall–Kier alpha value is -2.71. The zero-order valence-electron chi connectivity index (χ0n) is 17.4. The fraction of sp³-hybridized carbons (Fsp3) is 0.364. The van der Waals surface area contributed by atoms with Gasteiger partial charge in [-0.3, -0.25) is 9.59 Å². The summed E-state index contributed by atoms with van der Waals surface area (Å²) in [5, 5.41) is 5.61. The van der Waals surface area contributed by atoms with Crippen LogP contribution < -0.4 is 10.6 Å². The maximum absolute atomic E-state index is 12.8. The van der Waals surface area contributed by atoms with Crippen LogP contribution in [0.1, 0.15) is 54.3 Å². The maximum Gasteiger partial charge on any atom is 0.255 e. The van der Waals surface area contributed by atoms with Crippen LogP contribution in [0.4, 0.5) is 5.69 Å². The molecule has 1 aliphatic rings. The van der Waals surface area contributed by atoms with Crippen LogP contribution in [0.15, 0.2) is 53.4 Å². The van der Waals surface area contributed by atoms with Gasteiger partial charge in [-0.2, -0.15) is 4.31 Å². The van der Waals surface area contributed by atoms with Crippen molar-refractivity contribution in [1.29, 1.82) is 0 Å². The summed E-state index contributed by atoms with van der Waals surface area (Å²) in [4.78, 5) is 25.5. The molecule has 160 valence electrons. The van der Waals surface area contributed by atoms with Crippen molar-refractivity contribution in [2.45, 2.75) is 44.0 Å². The average molecular weight is 430 g/mol. The lowest BCUT2D eigenvalue weighted by molar-refractivity contribution is 0.0920. The number of nitrogens with one attached hydrogen (secondary N) is 2. The van der Waals surface area contributed by atoms with E-state index in [1.54, 1.807) is 36.4 Å². The number of para-hydroxylation sites is 1. The third-order valence-corrected chi connectivity index (χ3v) is 6.60. The molecular formula is C22H27N3O4S. The van der Waals surface area contributed by atoms with Gasteiger partial charge in [-0.1, -0.05) is 18.2 Å². The van der Waals surface area contributed by atoms with E-state index in [1.165, 1.54) is 16.4 Å². The van der Waals surface area contributed by atoms with E-state index in [4.69, 9.17) is 0 Å². The van der Waals surface area contributed by atoms with Crippen molar-refractivity contribution in [3.05, 3.63) is 59.7 Å². The first-order valence-electron chi connectivity index (χ1n) is 9.91. The summed E-state index contributed by atoms with van der Waals surface area (Å²) >= 11 is 0. The average Bonchev–Trinajstić information content (AvgIpc) is 3.23. The molecule has 2 aromatic rings. The smallest absolute Gasteiger partial charge is 0.255 e. The van der Waals surface area contributed by atoms with Gasteiger partial charge in [0.25, 0.3) is 11.8 Å². The van der Waals surface area contributed by atoms with Crippen LogP contribution in [0.5, 0.6) is 0 Å². The Morgan fingerprint density at radius 1 is 0.933 bits per heavy atom. The van der Waals surface area contributed by atoms with Crippen LogP contribution in [-0.2, 0) is 10.0 Å². The van der Waals surface area contributed by atoms with E-state index in [2.05, 4.69) is 10.6 Å². The maximum atomic E-state index is 12.8. The number of amides is 2. The van der Waals surface area contributed by atoms with Gasteiger partial charge in [0.1, 0.15) is 0 Å². The Balaban J connectivity index is 1.83. The molecule has 3 rings (SSSR count). The lowest BCUT2D eigenvalue weighted by atomic mass is 10.1. The molecule has 0 aromatic heterocycles. The lowest BCUT2D eigenvalue weighted by Gasteiger charge is -2.21. The minimum absolute atomic E-state index is 0.0933. The van der Waals surface area contributed by atoms with E-state index in [9.17, 15) is 18.0 Å². The predicted octanol–water partition coefficient (Wildman–Crippen LogP) is 3.25. The summed E-state index contributed by atoms with van der Waals surface area (Å²) in [5.41, 5.74) is 0.479. The summed E-state index contributed by atoms with van der Waals surface area (Å²) in [6, 6.07) is 12.7. The third kappa shape index (κ3) is 5.06. The largest absolute Gasteiger partial charge is 0.347 e. The highest BCUT2D eigenvalue weighted by Crippen LogP contribution is 2.23. The highest BCUT2D eigenvalue weighted by molar-refractivity contribution is 7.89. The number of anilines is 1. The summed E-state index contributed by atoms with van der Waals surface area (Å²) in [6.45, 7) is 6.61. The van der Waals surface area contributed by atoms with Crippen molar-refractivity contribution in [1.82, 2.24) is 9.62 Å². The van der Waals surface area contributed by atoms with Crippen LogP contribution in [0, 0.1) is 0 Å². The van der Waals surface area contributed by atoms with Crippen LogP contribution in [0.25, 0.3) is 0 Å². The molecule has 0 atom stereocenters. The number of hydrogen-bond acceptors (Lipinski definition) is 4. The number of sulfonamides is 1. The van der Waals surface area contributed by atoms with Gasteiger partial charge in [0, 0.05) is 24.2 Å². The summed E-state index contributed by atoms with van der Waals surface area (Å²) in [7, 11) is -3.62. The van der Waals surface area contributed by atoms with E-state index in [1.807, 2.05) is 20.8 Å². The van der Waals surface area contributed by atoms with E-state index >= 15 is 0 Å². The molecule has 1 aliphatic heterocycles. The van der Waals surface area contributed by atoms with Crippen molar-refractivity contribution in [2.75, 3.05) is 18.4 Å². The van der Waals surface area contributed by atoms with E-state index in [0.29, 0.717) is 24.3 Å². The molecule has 1 saturated heterocycles. The molecule has 2 amide bonds. The molecule has 0 bridgehead atoms. The molecule has 30 heavy (non-hydrogen) atoms. The first-order chi connectivity index (χ1) is 14.1. The summed E-state index contributed by atoms with van der Waals surface area (Å²) < 4.78 is 27.0. The minimum Gasteiger partial charge on any atom is -0.347 e. The highest BCUT2D eigenvalue weighted by Gasteiger charge is 2.27. The van der Waals surface area contributed by atoms with Gasteiger partial charge in [0.2, 0.25) is 10.0 Å². The van der Waals surface area contributed by atoms with Crippen molar-refractivity contribution in [3.8, 4) is 0 Å². The Bertz CT molecular complexity index is 1050. The van der Waals surface area contributed by atoms with Gasteiger partial charge < -0.3 is 10.6 Å². The molecule has 2 aromatic carbocycles. The zero-order valence-corrected chi connectivity index (χ0v) is 18.3. The highest BCUT2D eigenvalue weighted by atomic mass is 32.2. The van der Waals surface area contributed by atoms with Gasteiger partial charge in [0.05, 0.1) is 16.1 Å². The molecule has 8 heteroatoms. The Labute approximate surface area is 177 Å². The number of nitrogens with zero attached hydrogens (tertiary/aromatic N) is 1. The van der Waals surface area contributed by atoms with Crippen LogP contribution in [-0.4, -0.2) is 43.2 Å². The molecule has 0 radical (unpaired) electrons. The first-order valence-corrected chi connectivity index (χ1v) is 11.3. The lowest BCUT2D eigenvalue weighted by Crippen LogP contribution is -2.40. The van der Waals surface area contributed by atoms with E-state index in [0.717, 1.165) is 12.8 Å². The molecule has 0 saturated carbocycles. The fourth-order valence-electron chi connectivity index (χ4n) is 3.27. The number of hydrogen-bond donors (Lipinski definition) is 2. The quantitative estimate of drug-likeness (QED) is 0.763. The minimum atomic E-state index is -3.62. The van der Waals surface area contributed by atoms with Crippen LogP contribution in [0.3, 0.4) is 0 Å². The molecule has 0 aliphatic carbocycles. The van der Waals surface area contributed by atoms with Gasteiger partial charge in [-0.05, 0) is 63.9 Å². The number of rotatable bonds is 5. The van der Waals surface area contributed by atoms with Crippen molar-refractivity contribution < 1.29 is 18.0 Å². The second-order valence-corrected chi connectivity index (χ2v) is 10.3. The molecule has 2 N–H and O–H groups in total.